The quantitative estimate of drug-likeness (QED) is 0.504. The maximum Gasteiger partial charge on any atom is 0.359 e. The van der Waals surface area contributed by atoms with Crippen LogP contribution in [0.25, 0.3) is 21.9 Å². The lowest BCUT2D eigenvalue weighted by atomic mass is 10.2. The van der Waals surface area contributed by atoms with Gasteiger partial charge in [0.25, 0.3) is 0 Å². The summed E-state index contributed by atoms with van der Waals surface area (Å²) >= 11 is 0. The van der Waals surface area contributed by atoms with Crippen LogP contribution >= 0.6 is 0 Å². The molecule has 0 radical (unpaired) electrons. The van der Waals surface area contributed by atoms with Gasteiger partial charge in [0.2, 0.25) is 0 Å². The summed E-state index contributed by atoms with van der Waals surface area (Å²) in [6.07, 6.45) is 0. The predicted molar refractivity (Wildman–Crippen MR) is 89.4 cm³/mol. The van der Waals surface area contributed by atoms with Crippen LogP contribution in [0.15, 0.2) is 85.2 Å². The molecular formula is C18H13NO4. The van der Waals surface area contributed by atoms with Crippen LogP contribution in [0, 0.1) is 0 Å². The number of nitrogens with two attached hydrogens (primary N) is 1. The SMILES string of the molecule is Nc1cc2ccccc2oc1=O.O=c1ccc2ccccc2o1. The summed E-state index contributed by atoms with van der Waals surface area (Å²) in [5, 5.41) is 1.79. The van der Waals surface area contributed by atoms with Gasteiger partial charge in [-0.1, -0.05) is 36.4 Å². The maximum absolute atomic E-state index is 10.9. The molecule has 5 nitrogen and oxygen atoms in total. The fourth-order valence-electron chi connectivity index (χ4n) is 2.09. The van der Waals surface area contributed by atoms with Gasteiger partial charge in [0.05, 0.1) is 0 Å². The first-order valence-corrected chi connectivity index (χ1v) is 6.91. The molecule has 0 fully saturated rings. The second-order valence-corrected chi connectivity index (χ2v) is 4.82. The van der Waals surface area contributed by atoms with Crippen LogP contribution < -0.4 is 17.0 Å². The Morgan fingerprint density at radius 1 is 0.696 bits per heavy atom. The molecule has 0 unspecified atom stereocenters. The van der Waals surface area contributed by atoms with E-state index in [-0.39, 0.29) is 11.3 Å². The van der Waals surface area contributed by atoms with Gasteiger partial charge in [-0.2, -0.15) is 0 Å². The van der Waals surface area contributed by atoms with Gasteiger partial charge < -0.3 is 14.6 Å². The highest BCUT2D eigenvalue weighted by molar-refractivity contribution is 5.78. The zero-order valence-electron chi connectivity index (χ0n) is 12.1. The molecule has 23 heavy (non-hydrogen) atoms. The van der Waals surface area contributed by atoms with E-state index in [2.05, 4.69) is 0 Å². The summed E-state index contributed by atoms with van der Waals surface area (Å²) < 4.78 is 9.82. The number of hydrogen-bond donors (Lipinski definition) is 1. The van der Waals surface area contributed by atoms with Crippen molar-refractivity contribution in [3.05, 3.63) is 87.6 Å². The zero-order valence-corrected chi connectivity index (χ0v) is 12.1. The van der Waals surface area contributed by atoms with Gasteiger partial charge in [0.15, 0.2) is 0 Å². The minimum Gasteiger partial charge on any atom is -0.423 e. The van der Waals surface area contributed by atoms with E-state index in [0.717, 1.165) is 10.8 Å². The summed E-state index contributed by atoms with van der Waals surface area (Å²) in [6, 6.07) is 19.4. The Kier molecular flexibility index (Phi) is 3.93. The summed E-state index contributed by atoms with van der Waals surface area (Å²) in [5.74, 6) is 0. The van der Waals surface area contributed by atoms with Crippen LogP contribution in [0.4, 0.5) is 5.69 Å². The third kappa shape index (κ3) is 3.29. The number of benzene rings is 2. The van der Waals surface area contributed by atoms with Crippen molar-refractivity contribution in [2.24, 2.45) is 0 Å². The Morgan fingerprint density at radius 3 is 2.04 bits per heavy atom. The zero-order chi connectivity index (χ0) is 16.2. The smallest absolute Gasteiger partial charge is 0.359 e. The first-order chi connectivity index (χ1) is 11.1. The standard InChI is InChI=1S/C9H7NO2.C9H6O2/c10-7-5-6-3-1-2-4-8(6)12-9(7)11;10-9-6-5-7-3-1-2-4-8(7)11-9/h1-5H,10H2;1-6H. The minimum absolute atomic E-state index is 0.147. The van der Waals surface area contributed by atoms with Crippen molar-refractivity contribution in [2.75, 3.05) is 5.73 Å². The van der Waals surface area contributed by atoms with Gasteiger partial charge in [-0.15, -0.1) is 0 Å². The van der Waals surface area contributed by atoms with Gasteiger partial charge in [-0.05, 0) is 24.3 Å². The average Bonchev–Trinajstić information content (AvgIpc) is 2.56. The molecule has 2 N–H and O–H groups in total. The first-order valence-electron chi connectivity index (χ1n) is 6.91. The summed E-state index contributed by atoms with van der Waals surface area (Å²) in [6.45, 7) is 0. The monoisotopic (exact) mass is 307 g/mol. The molecular weight excluding hydrogens is 294 g/mol. The highest BCUT2D eigenvalue weighted by Crippen LogP contribution is 2.12. The number of nitrogen functional groups attached to an aromatic ring is 1. The van der Waals surface area contributed by atoms with Crippen LogP contribution in [0.2, 0.25) is 0 Å². The topological polar surface area (TPSA) is 86.4 Å². The molecule has 0 amide bonds. The lowest BCUT2D eigenvalue weighted by molar-refractivity contribution is 0.561. The van der Waals surface area contributed by atoms with Crippen molar-refractivity contribution >= 4 is 27.6 Å². The Bertz CT molecular complexity index is 1080. The number of para-hydroxylation sites is 2. The molecule has 4 aromatic rings. The fraction of sp³-hybridized carbons (Fsp3) is 0. The van der Waals surface area contributed by atoms with E-state index in [0.29, 0.717) is 11.2 Å². The summed E-state index contributed by atoms with van der Waals surface area (Å²) in [7, 11) is 0. The molecule has 2 heterocycles. The molecule has 4 rings (SSSR count). The van der Waals surface area contributed by atoms with E-state index >= 15 is 0 Å². The highest BCUT2D eigenvalue weighted by Gasteiger charge is 1.99. The van der Waals surface area contributed by atoms with Crippen LogP contribution in [-0.4, -0.2) is 0 Å². The highest BCUT2D eigenvalue weighted by atomic mass is 16.4. The van der Waals surface area contributed by atoms with Gasteiger partial charge in [-0.25, -0.2) is 9.59 Å². The Hall–Kier alpha value is -3.34. The fourth-order valence-corrected chi connectivity index (χ4v) is 2.09. The number of fused-ring (bicyclic) bond motifs is 2. The Balaban J connectivity index is 0.000000136. The summed E-state index contributed by atoms with van der Waals surface area (Å²) in [5.41, 5.74) is 5.95. The van der Waals surface area contributed by atoms with Crippen LogP contribution in [0.5, 0.6) is 0 Å². The molecule has 2 aromatic heterocycles. The molecule has 0 bridgehead atoms. The molecule has 114 valence electrons. The lowest BCUT2D eigenvalue weighted by Crippen LogP contribution is -2.05. The van der Waals surface area contributed by atoms with Crippen molar-refractivity contribution in [1.82, 2.24) is 0 Å². The molecule has 5 heteroatoms. The van der Waals surface area contributed by atoms with Crippen molar-refractivity contribution in [3.63, 3.8) is 0 Å². The van der Waals surface area contributed by atoms with Crippen molar-refractivity contribution in [3.8, 4) is 0 Å². The normalized spacial score (nSPS) is 10.3. The molecule has 0 aliphatic rings. The van der Waals surface area contributed by atoms with Gasteiger partial charge >= 0.3 is 11.3 Å². The van der Waals surface area contributed by atoms with E-state index in [1.165, 1.54) is 6.07 Å². The van der Waals surface area contributed by atoms with Crippen LogP contribution in [0.1, 0.15) is 0 Å². The Morgan fingerprint density at radius 2 is 1.30 bits per heavy atom. The number of anilines is 1. The van der Waals surface area contributed by atoms with E-state index < -0.39 is 5.63 Å². The van der Waals surface area contributed by atoms with E-state index in [4.69, 9.17) is 14.6 Å². The molecule has 2 aromatic carbocycles. The van der Waals surface area contributed by atoms with E-state index in [1.807, 2.05) is 36.4 Å². The lowest BCUT2D eigenvalue weighted by Gasteiger charge is -1.95. The second kappa shape index (κ2) is 6.19. The second-order valence-electron chi connectivity index (χ2n) is 4.82. The Labute approximate surface area is 130 Å². The molecule has 0 aliphatic heterocycles. The number of hydrogen-bond acceptors (Lipinski definition) is 5. The number of rotatable bonds is 0. The molecule has 0 spiro atoms. The van der Waals surface area contributed by atoms with Crippen molar-refractivity contribution < 1.29 is 8.83 Å². The molecule has 0 saturated carbocycles. The van der Waals surface area contributed by atoms with E-state index in [1.54, 1.807) is 24.3 Å². The largest absolute Gasteiger partial charge is 0.423 e. The predicted octanol–water partition coefficient (Wildman–Crippen LogP) is 3.17. The minimum atomic E-state index is -0.478. The third-order valence-corrected chi connectivity index (χ3v) is 3.20. The molecule has 0 atom stereocenters. The first kappa shape index (κ1) is 14.6. The van der Waals surface area contributed by atoms with Gasteiger partial charge in [0.1, 0.15) is 16.9 Å². The van der Waals surface area contributed by atoms with Crippen LogP contribution in [-0.2, 0) is 0 Å². The molecule has 0 saturated heterocycles. The third-order valence-electron chi connectivity index (χ3n) is 3.20. The summed E-state index contributed by atoms with van der Waals surface area (Å²) in [4.78, 5) is 21.7. The average molecular weight is 307 g/mol. The van der Waals surface area contributed by atoms with Crippen LogP contribution in [0.3, 0.4) is 0 Å². The van der Waals surface area contributed by atoms with Gasteiger partial charge in [-0.3, -0.25) is 0 Å². The maximum atomic E-state index is 10.9. The van der Waals surface area contributed by atoms with Crippen molar-refractivity contribution in [1.29, 1.82) is 0 Å². The van der Waals surface area contributed by atoms with Gasteiger partial charge in [0, 0.05) is 16.8 Å². The molecule has 0 aliphatic carbocycles. The van der Waals surface area contributed by atoms with Crippen molar-refractivity contribution in [2.45, 2.75) is 0 Å². The van der Waals surface area contributed by atoms with E-state index in [9.17, 15) is 9.59 Å².